The Bertz CT molecular complexity index is 1050. The first-order chi connectivity index (χ1) is 12.7. The summed E-state index contributed by atoms with van der Waals surface area (Å²) in [6.07, 6.45) is 0.470. The van der Waals surface area contributed by atoms with Crippen molar-refractivity contribution in [1.82, 2.24) is 19.9 Å². The number of aromatic nitrogens is 3. The van der Waals surface area contributed by atoms with Crippen LogP contribution >= 0.6 is 23.5 Å². The van der Waals surface area contributed by atoms with Crippen molar-refractivity contribution >= 4 is 33.7 Å². The van der Waals surface area contributed by atoms with E-state index in [0.717, 1.165) is 38.5 Å². The predicted octanol–water partition coefficient (Wildman–Crippen LogP) is 3.69. The maximum Gasteiger partial charge on any atom is 0.231 e. The summed E-state index contributed by atoms with van der Waals surface area (Å²) >= 11 is 2.56. The minimum atomic E-state index is -0.248. The Morgan fingerprint density at radius 3 is 2.81 bits per heavy atom. The SMILES string of the molecule is NSNCc1nnc(Cc2nc3ccc(-c4cccc(F)c4)cc3s2)o1. The third kappa shape index (κ3) is 3.75. The Kier molecular flexibility index (Phi) is 4.93. The van der Waals surface area contributed by atoms with Crippen LogP contribution in [0.15, 0.2) is 46.9 Å². The average molecular weight is 387 g/mol. The van der Waals surface area contributed by atoms with Gasteiger partial charge in [0, 0.05) is 12.1 Å². The molecule has 0 atom stereocenters. The van der Waals surface area contributed by atoms with Gasteiger partial charge in [-0.2, -0.15) is 0 Å². The molecular weight excluding hydrogens is 373 g/mol. The minimum Gasteiger partial charge on any atom is -0.423 e. The first kappa shape index (κ1) is 17.1. The highest BCUT2D eigenvalue weighted by atomic mass is 32.2. The average Bonchev–Trinajstić information content (AvgIpc) is 3.25. The first-order valence-electron chi connectivity index (χ1n) is 7.76. The molecular formula is C17H14FN5OS2. The van der Waals surface area contributed by atoms with E-state index in [1.165, 1.54) is 12.1 Å². The van der Waals surface area contributed by atoms with Crippen molar-refractivity contribution in [1.29, 1.82) is 0 Å². The van der Waals surface area contributed by atoms with E-state index in [4.69, 9.17) is 9.56 Å². The second-order valence-electron chi connectivity index (χ2n) is 5.51. The molecule has 2 aromatic carbocycles. The third-order valence-corrected chi connectivity index (χ3v) is 5.04. The van der Waals surface area contributed by atoms with Crippen LogP contribution in [0.3, 0.4) is 0 Å². The van der Waals surface area contributed by atoms with Crippen LogP contribution in [0.5, 0.6) is 0 Å². The Hall–Kier alpha value is -2.33. The largest absolute Gasteiger partial charge is 0.423 e. The Morgan fingerprint density at radius 2 is 1.96 bits per heavy atom. The summed E-state index contributed by atoms with van der Waals surface area (Å²) in [7, 11) is 0. The van der Waals surface area contributed by atoms with Gasteiger partial charge >= 0.3 is 0 Å². The molecule has 0 saturated carbocycles. The highest BCUT2D eigenvalue weighted by molar-refractivity contribution is 7.95. The normalized spacial score (nSPS) is 11.3. The van der Waals surface area contributed by atoms with Crippen molar-refractivity contribution in [2.75, 3.05) is 0 Å². The van der Waals surface area contributed by atoms with E-state index in [1.54, 1.807) is 17.4 Å². The second-order valence-corrected chi connectivity index (χ2v) is 7.15. The molecule has 0 unspecified atom stereocenters. The van der Waals surface area contributed by atoms with Gasteiger partial charge in [-0.05, 0) is 35.4 Å². The zero-order valence-corrected chi connectivity index (χ0v) is 15.1. The van der Waals surface area contributed by atoms with Crippen LogP contribution in [0, 0.1) is 5.82 Å². The monoisotopic (exact) mass is 387 g/mol. The van der Waals surface area contributed by atoms with Crippen molar-refractivity contribution < 1.29 is 8.81 Å². The van der Waals surface area contributed by atoms with Crippen LogP contribution in [0.4, 0.5) is 4.39 Å². The summed E-state index contributed by atoms with van der Waals surface area (Å²) in [6.45, 7) is 0.408. The fourth-order valence-corrected chi connectivity index (χ4v) is 3.76. The van der Waals surface area contributed by atoms with Gasteiger partial charge in [-0.3, -0.25) is 5.14 Å². The number of rotatable bonds is 6. The summed E-state index contributed by atoms with van der Waals surface area (Å²) in [5, 5.41) is 14.2. The number of nitrogens with one attached hydrogen (secondary N) is 1. The van der Waals surface area contributed by atoms with Crippen molar-refractivity contribution in [3.05, 3.63) is 65.1 Å². The van der Waals surface area contributed by atoms with Crippen molar-refractivity contribution in [2.45, 2.75) is 13.0 Å². The van der Waals surface area contributed by atoms with E-state index in [2.05, 4.69) is 19.9 Å². The molecule has 0 amide bonds. The molecule has 4 aromatic rings. The molecule has 0 aliphatic rings. The number of hydrogen-bond donors (Lipinski definition) is 2. The second kappa shape index (κ2) is 7.50. The molecule has 2 heterocycles. The Morgan fingerprint density at radius 1 is 1.12 bits per heavy atom. The van der Waals surface area contributed by atoms with Gasteiger partial charge in [0.25, 0.3) is 0 Å². The summed E-state index contributed by atoms with van der Waals surface area (Å²) in [6, 6.07) is 12.5. The lowest BCUT2D eigenvalue weighted by molar-refractivity contribution is 0.455. The summed E-state index contributed by atoms with van der Waals surface area (Å²) in [5.74, 6) is 0.739. The van der Waals surface area contributed by atoms with Crippen LogP contribution in [0.1, 0.15) is 16.8 Å². The molecule has 3 N–H and O–H groups in total. The number of nitrogens with zero attached hydrogens (tertiary/aromatic N) is 3. The van der Waals surface area contributed by atoms with Gasteiger partial charge in [0.1, 0.15) is 10.8 Å². The zero-order chi connectivity index (χ0) is 17.9. The molecule has 2 aromatic heterocycles. The standard InChI is InChI=1S/C17H14FN5OS2/c18-12-3-1-2-10(6-12)11-4-5-13-14(7-11)25-17(21-13)8-15-22-23-16(24-15)9-20-26-19/h1-7,20H,8-9,19H2. The molecule has 0 aliphatic carbocycles. The molecule has 132 valence electrons. The fourth-order valence-electron chi connectivity index (χ4n) is 2.56. The lowest BCUT2D eigenvalue weighted by Gasteiger charge is -2.01. The lowest BCUT2D eigenvalue weighted by atomic mass is 10.1. The lowest BCUT2D eigenvalue weighted by Crippen LogP contribution is -2.06. The summed E-state index contributed by atoms with van der Waals surface area (Å²) in [5.41, 5.74) is 2.69. The van der Waals surface area contributed by atoms with Gasteiger partial charge in [0.2, 0.25) is 11.8 Å². The smallest absolute Gasteiger partial charge is 0.231 e. The van der Waals surface area contributed by atoms with Crippen LogP contribution in [0.2, 0.25) is 0 Å². The maximum absolute atomic E-state index is 13.4. The van der Waals surface area contributed by atoms with Crippen LogP contribution in [0.25, 0.3) is 21.3 Å². The molecule has 4 rings (SSSR count). The fraction of sp³-hybridized carbons (Fsp3) is 0.118. The number of hydrogen-bond acceptors (Lipinski definition) is 8. The molecule has 0 fully saturated rings. The molecule has 9 heteroatoms. The van der Waals surface area contributed by atoms with E-state index >= 15 is 0 Å². The van der Waals surface area contributed by atoms with Crippen LogP contribution in [-0.4, -0.2) is 15.2 Å². The summed E-state index contributed by atoms with van der Waals surface area (Å²) in [4.78, 5) is 4.61. The summed E-state index contributed by atoms with van der Waals surface area (Å²) < 4.78 is 22.9. The van der Waals surface area contributed by atoms with Crippen LogP contribution in [-0.2, 0) is 13.0 Å². The minimum absolute atomic E-state index is 0.248. The number of nitrogens with two attached hydrogens (primary N) is 1. The topological polar surface area (TPSA) is 89.9 Å². The Balaban J connectivity index is 1.56. The first-order valence-corrected chi connectivity index (χ1v) is 9.46. The molecule has 6 nitrogen and oxygen atoms in total. The molecule has 0 radical (unpaired) electrons. The molecule has 26 heavy (non-hydrogen) atoms. The van der Waals surface area contributed by atoms with E-state index in [0.29, 0.717) is 24.7 Å². The zero-order valence-electron chi connectivity index (χ0n) is 13.5. The number of benzene rings is 2. The van der Waals surface area contributed by atoms with E-state index in [-0.39, 0.29) is 5.82 Å². The van der Waals surface area contributed by atoms with E-state index in [1.807, 2.05) is 24.3 Å². The predicted molar refractivity (Wildman–Crippen MR) is 101 cm³/mol. The molecule has 0 saturated heterocycles. The van der Waals surface area contributed by atoms with E-state index < -0.39 is 0 Å². The molecule has 0 spiro atoms. The highest BCUT2D eigenvalue weighted by Gasteiger charge is 2.11. The van der Waals surface area contributed by atoms with Gasteiger partial charge < -0.3 is 4.42 Å². The quantitative estimate of drug-likeness (QED) is 0.488. The highest BCUT2D eigenvalue weighted by Crippen LogP contribution is 2.29. The van der Waals surface area contributed by atoms with E-state index in [9.17, 15) is 4.39 Å². The Labute approximate surface area is 156 Å². The van der Waals surface area contributed by atoms with Crippen LogP contribution < -0.4 is 9.86 Å². The van der Waals surface area contributed by atoms with Gasteiger partial charge in [0.05, 0.1) is 23.2 Å². The van der Waals surface area contributed by atoms with Crippen molar-refractivity contribution in [2.24, 2.45) is 5.14 Å². The number of halogens is 1. The number of thiazole rings is 1. The number of fused-ring (bicyclic) bond motifs is 1. The maximum atomic E-state index is 13.4. The van der Waals surface area contributed by atoms with Gasteiger partial charge in [-0.15, -0.1) is 21.5 Å². The van der Waals surface area contributed by atoms with Crippen molar-refractivity contribution in [3.8, 4) is 11.1 Å². The van der Waals surface area contributed by atoms with Crippen molar-refractivity contribution in [3.63, 3.8) is 0 Å². The van der Waals surface area contributed by atoms with Gasteiger partial charge in [-0.25, -0.2) is 14.1 Å². The molecule has 0 aliphatic heterocycles. The van der Waals surface area contributed by atoms with Gasteiger partial charge in [-0.1, -0.05) is 18.2 Å². The molecule has 0 bridgehead atoms. The third-order valence-electron chi connectivity index (χ3n) is 3.71. The van der Waals surface area contributed by atoms with Gasteiger partial charge in [0.15, 0.2) is 0 Å².